The van der Waals surface area contributed by atoms with E-state index < -0.39 is 0 Å². The largest absolute Gasteiger partial charge is 0.496 e. The molecule has 1 heterocycles. The Labute approximate surface area is 108 Å². The predicted molar refractivity (Wildman–Crippen MR) is 67.6 cm³/mol. The zero-order chi connectivity index (χ0) is 12.4. The molecule has 1 aromatic carbocycles. The van der Waals surface area contributed by atoms with Crippen LogP contribution < -0.4 is 4.74 Å². The number of benzene rings is 1. The van der Waals surface area contributed by atoms with Crippen molar-refractivity contribution in [3.05, 3.63) is 34.6 Å². The highest BCUT2D eigenvalue weighted by Gasteiger charge is 2.16. The summed E-state index contributed by atoms with van der Waals surface area (Å²) in [6, 6.07) is 9.62. The molecule has 0 fully saturated rings. The van der Waals surface area contributed by atoms with Gasteiger partial charge in [0, 0.05) is 7.05 Å². The summed E-state index contributed by atoms with van der Waals surface area (Å²) in [6.07, 6.45) is 0. The van der Waals surface area contributed by atoms with Gasteiger partial charge in [-0.25, -0.2) is 4.98 Å². The number of hydrogen-bond donors (Lipinski definition) is 0. The van der Waals surface area contributed by atoms with Crippen LogP contribution in [-0.2, 0) is 7.05 Å². The van der Waals surface area contributed by atoms with Crippen LogP contribution in [0.5, 0.6) is 5.75 Å². The summed E-state index contributed by atoms with van der Waals surface area (Å²) in [7, 11) is 3.46. The standard InChI is InChI=1S/C12H10BrN3O/c1-16-11(13)9(7-14)15-12(16)8-5-3-4-6-10(8)17-2/h3-6H,1-2H3. The molecule has 86 valence electrons. The fourth-order valence-corrected chi connectivity index (χ4v) is 1.97. The number of hydrogen-bond acceptors (Lipinski definition) is 3. The van der Waals surface area contributed by atoms with Crippen molar-refractivity contribution < 1.29 is 4.74 Å². The zero-order valence-electron chi connectivity index (χ0n) is 9.44. The van der Waals surface area contributed by atoms with Gasteiger partial charge in [0.2, 0.25) is 0 Å². The van der Waals surface area contributed by atoms with E-state index in [4.69, 9.17) is 10.00 Å². The number of nitrogens with zero attached hydrogens (tertiary/aromatic N) is 3. The lowest BCUT2D eigenvalue weighted by molar-refractivity contribution is 0.416. The molecule has 0 spiro atoms. The summed E-state index contributed by atoms with van der Waals surface area (Å²) in [5, 5.41) is 8.94. The normalized spacial score (nSPS) is 10.0. The first kappa shape index (κ1) is 11.7. The number of halogens is 1. The first-order valence-corrected chi connectivity index (χ1v) is 5.74. The van der Waals surface area contributed by atoms with Gasteiger partial charge in [-0.05, 0) is 28.1 Å². The molecule has 5 heteroatoms. The molecule has 0 unspecified atom stereocenters. The van der Waals surface area contributed by atoms with Crippen LogP contribution >= 0.6 is 15.9 Å². The fraction of sp³-hybridized carbons (Fsp3) is 0.167. The Morgan fingerprint density at radius 2 is 2.12 bits per heavy atom. The second kappa shape index (κ2) is 4.60. The third-order valence-electron chi connectivity index (χ3n) is 2.48. The summed E-state index contributed by atoms with van der Waals surface area (Å²) in [5.41, 5.74) is 1.23. The minimum atomic E-state index is 0.369. The van der Waals surface area contributed by atoms with E-state index in [0.29, 0.717) is 16.1 Å². The van der Waals surface area contributed by atoms with Crippen LogP contribution in [0.1, 0.15) is 5.69 Å². The average molecular weight is 292 g/mol. The minimum absolute atomic E-state index is 0.369. The maximum absolute atomic E-state index is 8.94. The van der Waals surface area contributed by atoms with E-state index in [2.05, 4.69) is 20.9 Å². The molecule has 0 aliphatic rings. The van der Waals surface area contributed by atoms with Crippen molar-refractivity contribution in [2.75, 3.05) is 7.11 Å². The number of imidazole rings is 1. The van der Waals surface area contributed by atoms with Crippen molar-refractivity contribution in [2.24, 2.45) is 7.05 Å². The van der Waals surface area contributed by atoms with Gasteiger partial charge < -0.3 is 9.30 Å². The molecule has 0 amide bonds. The SMILES string of the molecule is COc1ccccc1-c1nc(C#N)c(Br)n1C. The van der Waals surface area contributed by atoms with Crippen molar-refractivity contribution in [3.63, 3.8) is 0 Å². The van der Waals surface area contributed by atoms with Gasteiger partial charge >= 0.3 is 0 Å². The van der Waals surface area contributed by atoms with Gasteiger partial charge in [0.05, 0.1) is 12.7 Å². The van der Waals surface area contributed by atoms with Gasteiger partial charge in [-0.15, -0.1) is 0 Å². The van der Waals surface area contributed by atoms with Crippen molar-refractivity contribution in [3.8, 4) is 23.2 Å². The van der Waals surface area contributed by atoms with E-state index in [1.807, 2.05) is 41.9 Å². The molecule has 1 aromatic heterocycles. The highest BCUT2D eigenvalue weighted by atomic mass is 79.9. The third-order valence-corrected chi connectivity index (χ3v) is 3.39. The Morgan fingerprint density at radius 3 is 2.71 bits per heavy atom. The molecule has 0 aliphatic heterocycles. The van der Waals surface area contributed by atoms with Gasteiger partial charge in [0.15, 0.2) is 5.69 Å². The van der Waals surface area contributed by atoms with Crippen LogP contribution in [0.2, 0.25) is 0 Å². The molecule has 0 saturated carbocycles. The summed E-state index contributed by atoms with van der Waals surface area (Å²) in [5.74, 6) is 1.43. The molecule has 2 aromatic rings. The monoisotopic (exact) mass is 291 g/mol. The highest BCUT2D eigenvalue weighted by Crippen LogP contribution is 2.31. The van der Waals surface area contributed by atoms with Gasteiger partial charge in [-0.1, -0.05) is 12.1 Å². The molecule has 0 bridgehead atoms. The summed E-state index contributed by atoms with van der Waals surface area (Å²) in [4.78, 5) is 4.28. The van der Waals surface area contributed by atoms with Crippen molar-refractivity contribution >= 4 is 15.9 Å². The van der Waals surface area contributed by atoms with Crippen LogP contribution in [0.4, 0.5) is 0 Å². The predicted octanol–water partition coefficient (Wildman–Crippen LogP) is 2.73. The molecular formula is C12H10BrN3O. The minimum Gasteiger partial charge on any atom is -0.496 e. The van der Waals surface area contributed by atoms with Crippen molar-refractivity contribution in [1.82, 2.24) is 9.55 Å². The Bertz CT molecular complexity index is 598. The van der Waals surface area contributed by atoms with Crippen LogP contribution in [-0.4, -0.2) is 16.7 Å². The molecule has 0 aliphatic carbocycles. The zero-order valence-corrected chi connectivity index (χ0v) is 11.0. The third kappa shape index (κ3) is 1.92. The van der Waals surface area contributed by atoms with Crippen LogP contribution in [0, 0.1) is 11.3 Å². The van der Waals surface area contributed by atoms with Crippen LogP contribution in [0.25, 0.3) is 11.4 Å². The number of nitriles is 1. The first-order valence-electron chi connectivity index (χ1n) is 4.94. The molecule has 0 atom stereocenters. The summed E-state index contributed by atoms with van der Waals surface area (Å²) < 4.78 is 7.77. The maximum atomic E-state index is 8.94. The second-order valence-electron chi connectivity index (χ2n) is 3.45. The van der Waals surface area contributed by atoms with E-state index in [1.54, 1.807) is 7.11 Å². The first-order chi connectivity index (χ1) is 8.19. The van der Waals surface area contributed by atoms with E-state index in [9.17, 15) is 0 Å². The van der Waals surface area contributed by atoms with Crippen LogP contribution in [0.3, 0.4) is 0 Å². The average Bonchev–Trinajstić information content (AvgIpc) is 2.66. The Morgan fingerprint density at radius 1 is 1.41 bits per heavy atom. The van der Waals surface area contributed by atoms with Gasteiger partial charge in [0.1, 0.15) is 22.2 Å². The lowest BCUT2D eigenvalue weighted by Gasteiger charge is -2.07. The van der Waals surface area contributed by atoms with Gasteiger partial charge in [-0.2, -0.15) is 5.26 Å². The topological polar surface area (TPSA) is 50.8 Å². The van der Waals surface area contributed by atoms with E-state index in [-0.39, 0.29) is 0 Å². The number of para-hydroxylation sites is 1. The van der Waals surface area contributed by atoms with E-state index in [0.717, 1.165) is 11.3 Å². The van der Waals surface area contributed by atoms with E-state index >= 15 is 0 Å². The number of ether oxygens (including phenoxy) is 1. The quantitative estimate of drug-likeness (QED) is 0.855. The van der Waals surface area contributed by atoms with Gasteiger partial charge in [-0.3, -0.25) is 0 Å². The van der Waals surface area contributed by atoms with E-state index in [1.165, 1.54) is 0 Å². The lowest BCUT2D eigenvalue weighted by atomic mass is 10.2. The molecule has 0 radical (unpaired) electrons. The molecule has 4 nitrogen and oxygen atoms in total. The van der Waals surface area contributed by atoms with Crippen molar-refractivity contribution in [1.29, 1.82) is 5.26 Å². The number of rotatable bonds is 2. The maximum Gasteiger partial charge on any atom is 0.173 e. The number of aromatic nitrogens is 2. The highest BCUT2D eigenvalue weighted by molar-refractivity contribution is 9.10. The molecule has 17 heavy (non-hydrogen) atoms. The molecule has 0 saturated heterocycles. The number of methoxy groups -OCH3 is 1. The summed E-state index contributed by atoms with van der Waals surface area (Å²) >= 11 is 3.34. The molecule has 2 rings (SSSR count). The van der Waals surface area contributed by atoms with Crippen LogP contribution in [0.15, 0.2) is 28.9 Å². The summed E-state index contributed by atoms with van der Waals surface area (Å²) in [6.45, 7) is 0. The lowest BCUT2D eigenvalue weighted by Crippen LogP contribution is -1.95. The van der Waals surface area contributed by atoms with Crippen molar-refractivity contribution in [2.45, 2.75) is 0 Å². The van der Waals surface area contributed by atoms with Gasteiger partial charge in [0.25, 0.3) is 0 Å². The fourth-order valence-electron chi connectivity index (χ4n) is 1.62. The Kier molecular flexibility index (Phi) is 3.16. The Balaban J connectivity index is 2.65. The molecule has 0 N–H and O–H groups in total. The molecular weight excluding hydrogens is 282 g/mol. The second-order valence-corrected chi connectivity index (χ2v) is 4.20. The Hall–Kier alpha value is -1.80. The smallest absolute Gasteiger partial charge is 0.173 e.